The molecule has 2 bridgehead atoms. The number of halogens is 3. The SMILES string of the molecule is C=C1C=C[C@H](C)N2C[C@H]1n1cc(C(=O)NCc3ccc(F)c(Cl)c3F)c(=O)c(OCc3ccccc3)c1C2=O. The fraction of sp³-hybridized carbons (Fsp3) is 0.207. The van der Waals surface area contributed by atoms with Crippen molar-refractivity contribution in [3.05, 3.63) is 122 Å². The molecule has 2 aromatic carbocycles. The van der Waals surface area contributed by atoms with E-state index < -0.39 is 39.9 Å². The number of nitrogens with one attached hydrogen (secondary N) is 1. The summed E-state index contributed by atoms with van der Waals surface area (Å²) in [5.41, 5.74) is 0.324. The van der Waals surface area contributed by atoms with Gasteiger partial charge in [0.05, 0.1) is 6.04 Å². The normalized spacial score (nSPS) is 18.0. The van der Waals surface area contributed by atoms with Crippen molar-refractivity contribution in [1.82, 2.24) is 14.8 Å². The first-order valence-electron chi connectivity index (χ1n) is 12.2. The molecule has 200 valence electrons. The lowest BCUT2D eigenvalue weighted by Crippen LogP contribution is -2.48. The number of pyridine rings is 1. The van der Waals surface area contributed by atoms with Crippen molar-refractivity contribution >= 4 is 23.4 Å². The highest BCUT2D eigenvalue weighted by atomic mass is 35.5. The summed E-state index contributed by atoms with van der Waals surface area (Å²) < 4.78 is 35.4. The maximum Gasteiger partial charge on any atom is 0.275 e. The van der Waals surface area contributed by atoms with Crippen LogP contribution in [0, 0.1) is 11.6 Å². The Morgan fingerprint density at radius 3 is 2.67 bits per heavy atom. The zero-order valence-electron chi connectivity index (χ0n) is 20.9. The summed E-state index contributed by atoms with van der Waals surface area (Å²) >= 11 is 5.64. The number of nitrogens with zero attached hydrogens (tertiary/aromatic N) is 2. The van der Waals surface area contributed by atoms with Gasteiger partial charge in [-0.15, -0.1) is 0 Å². The van der Waals surface area contributed by atoms with E-state index in [1.54, 1.807) is 9.47 Å². The number of benzene rings is 2. The van der Waals surface area contributed by atoms with Crippen LogP contribution in [0.15, 0.2) is 77.8 Å². The fourth-order valence-corrected chi connectivity index (χ4v) is 4.86. The van der Waals surface area contributed by atoms with Gasteiger partial charge < -0.3 is 19.5 Å². The minimum absolute atomic E-state index is 0.0138. The second-order valence-electron chi connectivity index (χ2n) is 9.40. The van der Waals surface area contributed by atoms with Gasteiger partial charge in [0.1, 0.15) is 28.8 Å². The second-order valence-corrected chi connectivity index (χ2v) is 9.77. The highest BCUT2D eigenvalue weighted by molar-refractivity contribution is 6.30. The number of carbonyl (C=O) groups excluding carboxylic acids is 2. The summed E-state index contributed by atoms with van der Waals surface area (Å²) in [4.78, 5) is 42.1. The second kappa shape index (κ2) is 10.5. The van der Waals surface area contributed by atoms with Crippen LogP contribution in [0.3, 0.4) is 0 Å². The van der Waals surface area contributed by atoms with Crippen molar-refractivity contribution in [3.63, 3.8) is 0 Å². The molecule has 0 aliphatic carbocycles. The minimum Gasteiger partial charge on any atom is -0.483 e. The van der Waals surface area contributed by atoms with Crippen molar-refractivity contribution in [2.45, 2.75) is 32.2 Å². The molecule has 1 N–H and O–H groups in total. The van der Waals surface area contributed by atoms with Crippen LogP contribution in [0.4, 0.5) is 8.78 Å². The molecule has 2 aliphatic rings. The lowest BCUT2D eigenvalue weighted by Gasteiger charge is -2.37. The van der Waals surface area contributed by atoms with Gasteiger partial charge in [-0.05, 0) is 24.1 Å². The molecule has 10 heteroatoms. The molecule has 5 rings (SSSR count). The fourth-order valence-electron chi connectivity index (χ4n) is 4.68. The van der Waals surface area contributed by atoms with Gasteiger partial charge in [-0.2, -0.15) is 0 Å². The van der Waals surface area contributed by atoms with Crippen LogP contribution < -0.4 is 15.5 Å². The van der Waals surface area contributed by atoms with Crippen LogP contribution in [0.25, 0.3) is 0 Å². The number of hydrogen-bond donors (Lipinski definition) is 1. The van der Waals surface area contributed by atoms with Gasteiger partial charge >= 0.3 is 0 Å². The molecule has 0 saturated heterocycles. The van der Waals surface area contributed by atoms with Gasteiger partial charge in [-0.3, -0.25) is 14.4 Å². The van der Waals surface area contributed by atoms with Crippen molar-refractivity contribution in [3.8, 4) is 5.75 Å². The Hall–Kier alpha value is -4.24. The van der Waals surface area contributed by atoms with E-state index in [0.717, 1.165) is 17.7 Å². The predicted octanol–water partition coefficient (Wildman–Crippen LogP) is 4.80. The van der Waals surface area contributed by atoms with Gasteiger partial charge in [0, 0.05) is 30.9 Å². The third-order valence-corrected chi connectivity index (χ3v) is 7.24. The first-order chi connectivity index (χ1) is 18.7. The number of ether oxygens (including phenoxy) is 1. The number of rotatable bonds is 6. The number of amides is 2. The standard InChI is InChI=1S/C29H24ClF2N3O4/c1-16-8-9-17(2)34-14-22(16)35-13-20(28(37)33-12-19-10-11-21(31)23(30)24(19)32)26(36)27(25(35)29(34)38)39-15-18-6-4-3-5-7-18/h3-11,13,17,22H,1,12,14-15H2,2H3,(H,33,37)/t17-,22+/m0/s1. The van der Waals surface area contributed by atoms with Gasteiger partial charge in [-0.25, -0.2) is 8.78 Å². The summed E-state index contributed by atoms with van der Waals surface area (Å²) in [6.07, 6.45) is 4.98. The van der Waals surface area contributed by atoms with Gasteiger partial charge in [0.25, 0.3) is 11.8 Å². The van der Waals surface area contributed by atoms with E-state index >= 15 is 0 Å². The summed E-state index contributed by atoms with van der Waals surface area (Å²) in [5, 5.41) is 1.80. The molecule has 0 saturated carbocycles. The van der Waals surface area contributed by atoms with E-state index in [0.29, 0.717) is 12.1 Å². The molecule has 1 aromatic heterocycles. The smallest absolute Gasteiger partial charge is 0.275 e. The molecule has 39 heavy (non-hydrogen) atoms. The van der Waals surface area contributed by atoms with Crippen LogP contribution in [-0.2, 0) is 13.2 Å². The number of hydrogen-bond acceptors (Lipinski definition) is 4. The molecular formula is C29H24ClF2N3O4. The predicted molar refractivity (Wildman–Crippen MR) is 142 cm³/mol. The van der Waals surface area contributed by atoms with Gasteiger partial charge in [-0.1, -0.05) is 66.7 Å². The molecule has 3 aromatic rings. The molecular weight excluding hydrogens is 528 g/mol. The van der Waals surface area contributed by atoms with Crippen molar-refractivity contribution in [2.75, 3.05) is 6.54 Å². The Morgan fingerprint density at radius 1 is 1.18 bits per heavy atom. The van der Waals surface area contributed by atoms with Crippen LogP contribution in [-0.4, -0.2) is 33.9 Å². The summed E-state index contributed by atoms with van der Waals surface area (Å²) in [7, 11) is 0. The quantitative estimate of drug-likeness (QED) is 0.446. The van der Waals surface area contributed by atoms with Crippen LogP contribution in [0.1, 0.15) is 44.9 Å². The zero-order valence-corrected chi connectivity index (χ0v) is 21.7. The zero-order chi connectivity index (χ0) is 27.8. The highest BCUT2D eigenvalue weighted by Crippen LogP contribution is 2.34. The molecule has 2 aliphatic heterocycles. The molecule has 0 spiro atoms. The Balaban J connectivity index is 1.57. The van der Waals surface area contributed by atoms with Crippen LogP contribution in [0.5, 0.6) is 5.75 Å². The number of allylic oxidation sites excluding steroid dienone is 1. The lowest BCUT2D eigenvalue weighted by molar-refractivity contribution is 0.0640. The average Bonchev–Trinajstić information content (AvgIpc) is 3.06. The van der Waals surface area contributed by atoms with E-state index in [1.807, 2.05) is 49.4 Å². The molecule has 3 heterocycles. The first-order valence-corrected chi connectivity index (χ1v) is 12.6. The Morgan fingerprint density at radius 2 is 1.92 bits per heavy atom. The van der Waals surface area contributed by atoms with Crippen molar-refractivity contribution in [2.24, 2.45) is 0 Å². The van der Waals surface area contributed by atoms with Crippen molar-refractivity contribution < 1.29 is 23.1 Å². The molecule has 7 nitrogen and oxygen atoms in total. The average molecular weight is 552 g/mol. The summed E-state index contributed by atoms with van der Waals surface area (Å²) in [6.45, 7) is 5.92. The monoisotopic (exact) mass is 551 g/mol. The van der Waals surface area contributed by atoms with Crippen molar-refractivity contribution in [1.29, 1.82) is 0 Å². The van der Waals surface area contributed by atoms with E-state index in [2.05, 4.69) is 11.9 Å². The molecule has 0 fully saturated rings. The van der Waals surface area contributed by atoms with Gasteiger partial charge in [0.2, 0.25) is 5.43 Å². The van der Waals surface area contributed by atoms with E-state index in [9.17, 15) is 23.2 Å². The highest BCUT2D eigenvalue weighted by Gasteiger charge is 2.39. The lowest BCUT2D eigenvalue weighted by atomic mass is 10.0. The minimum atomic E-state index is -1.01. The van der Waals surface area contributed by atoms with E-state index in [-0.39, 0.29) is 41.8 Å². The Bertz CT molecular complexity index is 1590. The third-order valence-electron chi connectivity index (χ3n) is 6.89. The summed E-state index contributed by atoms with van der Waals surface area (Å²) in [5.74, 6) is -3.43. The topological polar surface area (TPSA) is 80.6 Å². The van der Waals surface area contributed by atoms with Gasteiger partial charge in [0.15, 0.2) is 11.4 Å². The third kappa shape index (κ3) is 4.85. The molecule has 0 unspecified atom stereocenters. The van der Waals surface area contributed by atoms with Crippen LogP contribution in [0.2, 0.25) is 5.02 Å². The Kier molecular flexibility index (Phi) is 7.10. The number of fused-ring (bicyclic) bond motifs is 4. The Labute approximate surface area is 228 Å². The van der Waals surface area contributed by atoms with E-state index in [1.165, 1.54) is 6.20 Å². The van der Waals surface area contributed by atoms with E-state index in [4.69, 9.17) is 16.3 Å². The molecule has 2 amide bonds. The van der Waals surface area contributed by atoms with Crippen LogP contribution >= 0.6 is 11.6 Å². The number of aromatic nitrogens is 1. The maximum absolute atomic E-state index is 14.4. The first kappa shape index (κ1) is 26.4. The summed E-state index contributed by atoms with van der Waals surface area (Å²) in [6, 6.07) is 10.5. The molecule has 0 radical (unpaired) electrons. The number of carbonyl (C=O) groups is 2. The maximum atomic E-state index is 14.4. The molecule has 2 atom stereocenters. The largest absolute Gasteiger partial charge is 0.483 e.